The van der Waals surface area contributed by atoms with Crippen molar-refractivity contribution >= 4 is 46.7 Å². The Kier molecular flexibility index (Phi) is 12.0. The number of hydrogen-bond acceptors (Lipinski definition) is 2. The Morgan fingerprint density at radius 3 is 1.30 bits per heavy atom. The molecule has 0 saturated carbocycles. The second-order valence-corrected chi connectivity index (χ2v) is 48.6. The molecule has 293 valence electrons. The molecular weight excluding hydrogens is 897 g/mol. The molecule has 0 spiro atoms. The third-order valence-corrected chi connectivity index (χ3v) is 41.0. The van der Waals surface area contributed by atoms with Crippen molar-refractivity contribution < 1.29 is 25.5 Å². The molecule has 4 nitrogen and oxygen atoms in total. The van der Waals surface area contributed by atoms with E-state index in [0.717, 1.165) is 57.4 Å². The minimum atomic E-state index is -6.22. The molecule has 6 rings (SSSR count). The fourth-order valence-corrected chi connectivity index (χ4v) is 39.7. The first-order valence-electron chi connectivity index (χ1n) is 20.3. The van der Waals surface area contributed by atoms with Gasteiger partial charge in [-0.2, -0.15) is 0 Å². The van der Waals surface area contributed by atoms with Crippen molar-refractivity contribution in [3.63, 3.8) is 0 Å². The Bertz CT molecular complexity index is 2060. The molecule has 4 aromatic carbocycles. The molecule has 2 amide bonds. The SMILES string of the molecule is CCC(C)c1ccccc1-c1cccc2c1C=C(C(C)(C)C)[CH]2[Hf]([Cl])([Cl])([B](NC=O)NC=O)[CH]1C(C(C)(C)C)=Cc2c(-c3ccccc3C(C)CC)cccc21. The summed E-state index contributed by atoms with van der Waals surface area (Å²) in [7, 11) is 17.7. The fourth-order valence-electron chi connectivity index (χ4n) is 9.55. The first-order chi connectivity index (χ1) is 26.4. The quantitative estimate of drug-likeness (QED) is 0.104. The number of fused-ring (bicyclic) bond motifs is 2. The molecule has 2 N–H and O–H groups in total. The van der Waals surface area contributed by atoms with Gasteiger partial charge < -0.3 is 0 Å². The summed E-state index contributed by atoms with van der Waals surface area (Å²) >= 11 is -6.22. The van der Waals surface area contributed by atoms with Crippen molar-refractivity contribution in [3.05, 3.63) is 129 Å². The fraction of sp³-hybridized carbons (Fsp3) is 0.375. The molecule has 4 atom stereocenters. The zero-order valence-corrected chi connectivity index (χ0v) is 39.9. The first-order valence-corrected chi connectivity index (χ1v) is 35.4. The maximum atomic E-state index is 12.7. The van der Waals surface area contributed by atoms with Crippen LogP contribution in [-0.4, -0.2) is 17.4 Å². The predicted molar refractivity (Wildman–Crippen MR) is 237 cm³/mol. The molecule has 2 aliphatic carbocycles. The van der Waals surface area contributed by atoms with Gasteiger partial charge in [0.05, 0.1) is 0 Å². The Balaban J connectivity index is 1.73. The van der Waals surface area contributed by atoms with Gasteiger partial charge in [0.1, 0.15) is 0 Å². The number of nitrogens with one attached hydrogen (secondary N) is 2. The zero-order chi connectivity index (χ0) is 40.8. The number of amides is 2. The van der Waals surface area contributed by atoms with Crippen LogP contribution in [0.4, 0.5) is 0 Å². The summed E-state index contributed by atoms with van der Waals surface area (Å²) in [5.41, 5.74) is 13.1. The van der Waals surface area contributed by atoms with E-state index in [1.165, 1.54) is 22.3 Å². The van der Waals surface area contributed by atoms with Crippen LogP contribution in [0.25, 0.3) is 34.4 Å². The Morgan fingerprint density at radius 1 is 0.607 bits per heavy atom. The van der Waals surface area contributed by atoms with Crippen molar-refractivity contribution in [2.45, 2.75) is 101 Å². The summed E-state index contributed by atoms with van der Waals surface area (Å²) < 4.78 is -1.90. The van der Waals surface area contributed by atoms with Crippen molar-refractivity contribution in [1.29, 1.82) is 0 Å². The zero-order valence-electron chi connectivity index (χ0n) is 34.8. The molecule has 0 fully saturated rings. The van der Waals surface area contributed by atoms with Gasteiger partial charge in [0.2, 0.25) is 0 Å². The van der Waals surface area contributed by atoms with Gasteiger partial charge >= 0.3 is 346 Å². The van der Waals surface area contributed by atoms with E-state index in [1.54, 1.807) is 0 Å². The molecule has 0 radical (unpaired) electrons. The van der Waals surface area contributed by atoms with E-state index in [4.69, 9.17) is 17.2 Å². The normalized spacial score (nSPS) is 18.4. The van der Waals surface area contributed by atoms with Crippen LogP contribution in [0.1, 0.15) is 135 Å². The van der Waals surface area contributed by atoms with Crippen LogP contribution < -0.4 is 10.5 Å². The number of allylic oxidation sites excluding steroid dienone is 2. The summed E-state index contributed by atoms with van der Waals surface area (Å²) in [6.07, 6.45) is 7.99. The third-order valence-electron chi connectivity index (χ3n) is 12.8. The Hall–Kier alpha value is -3.18. The van der Waals surface area contributed by atoms with Crippen LogP contribution in [0.3, 0.4) is 0 Å². The van der Waals surface area contributed by atoms with Crippen molar-refractivity contribution in [2.24, 2.45) is 10.8 Å². The number of carbonyl (C=O) groups excluding carboxylic acids is 2. The van der Waals surface area contributed by atoms with Crippen molar-refractivity contribution in [3.8, 4) is 22.3 Å². The number of carbonyl (C=O) groups is 2. The van der Waals surface area contributed by atoms with Gasteiger partial charge in [0, 0.05) is 0 Å². The summed E-state index contributed by atoms with van der Waals surface area (Å²) in [5.74, 6) is 0.729. The average Bonchev–Trinajstić information content (AvgIpc) is 3.79. The van der Waals surface area contributed by atoms with Gasteiger partial charge in [-0.05, 0) is 0 Å². The summed E-state index contributed by atoms with van der Waals surface area (Å²) in [6.45, 7) is 22.3. The van der Waals surface area contributed by atoms with E-state index >= 15 is 0 Å². The summed E-state index contributed by atoms with van der Waals surface area (Å²) in [5, 5.41) is 6.07. The molecule has 56 heavy (non-hydrogen) atoms. The van der Waals surface area contributed by atoms with E-state index in [1.807, 2.05) is 0 Å². The second kappa shape index (κ2) is 15.9. The predicted octanol–water partition coefficient (Wildman–Crippen LogP) is 13.2. The molecule has 4 aromatic rings. The van der Waals surface area contributed by atoms with Crippen LogP contribution in [0.5, 0.6) is 0 Å². The minimum absolute atomic E-state index is 0.365. The molecular formula is C48H58BCl2HfN2O2. The van der Waals surface area contributed by atoms with Crippen LogP contribution in [0.15, 0.2) is 96.1 Å². The van der Waals surface area contributed by atoms with Gasteiger partial charge in [-0.1, -0.05) is 0 Å². The number of rotatable bonds is 13. The molecule has 0 aliphatic heterocycles. The number of benzene rings is 4. The Morgan fingerprint density at radius 2 is 0.964 bits per heavy atom. The second-order valence-electron chi connectivity index (χ2n) is 18.2. The van der Waals surface area contributed by atoms with Crippen LogP contribution >= 0.6 is 17.2 Å². The number of halogens is 2. The Labute approximate surface area is 344 Å². The van der Waals surface area contributed by atoms with Gasteiger partial charge in [-0.25, -0.2) is 0 Å². The van der Waals surface area contributed by atoms with Gasteiger partial charge in [0.15, 0.2) is 0 Å². The molecule has 8 heteroatoms. The van der Waals surface area contributed by atoms with E-state index in [2.05, 4.69) is 177 Å². The topological polar surface area (TPSA) is 58.2 Å². The first kappa shape index (κ1) is 42.4. The van der Waals surface area contributed by atoms with Crippen LogP contribution in [-0.2, 0) is 25.5 Å². The van der Waals surface area contributed by atoms with E-state index in [0.29, 0.717) is 24.7 Å². The molecule has 0 heterocycles. The molecule has 0 saturated heterocycles. The van der Waals surface area contributed by atoms with Gasteiger partial charge in [-0.15, -0.1) is 0 Å². The molecule has 4 unspecified atom stereocenters. The molecule has 0 bridgehead atoms. The molecule has 2 aliphatic rings. The molecule has 0 aromatic heterocycles. The summed E-state index contributed by atoms with van der Waals surface area (Å²) in [6, 6.07) is 30.4. The standard InChI is InChI=1S/2C23H27.C2H3BN2O2.2ClH.Hf/c2*1-6-16(2)19-11-7-8-12-20(19)21-13-9-10-17-14-18(15-22(17)21)23(3,4)5;6-1-4-3-5-2-7;;;/h2*7-16H,6H2,1-5H3;1-2H,(H-,4,5,6,7);2*1H;/q;;;;;+1/p-1. The summed E-state index contributed by atoms with van der Waals surface area (Å²) in [4.78, 5) is 25.4. The van der Waals surface area contributed by atoms with Crippen LogP contribution in [0.2, 0.25) is 0 Å². The average molecular weight is 955 g/mol. The van der Waals surface area contributed by atoms with Gasteiger partial charge in [-0.3, -0.25) is 0 Å². The van der Waals surface area contributed by atoms with Crippen LogP contribution in [0, 0.1) is 10.8 Å². The monoisotopic (exact) mass is 955 g/mol. The third kappa shape index (κ3) is 7.15. The van der Waals surface area contributed by atoms with E-state index in [-0.39, 0.29) is 10.8 Å². The van der Waals surface area contributed by atoms with Crippen molar-refractivity contribution in [1.82, 2.24) is 10.5 Å². The maximum absolute atomic E-state index is 12.7. The number of hydrogen-bond donors (Lipinski definition) is 2. The van der Waals surface area contributed by atoms with Crippen molar-refractivity contribution in [2.75, 3.05) is 0 Å². The van der Waals surface area contributed by atoms with E-state index < -0.39 is 27.8 Å². The van der Waals surface area contributed by atoms with Gasteiger partial charge in [0.25, 0.3) is 0 Å². The van der Waals surface area contributed by atoms with E-state index in [9.17, 15) is 9.59 Å².